The van der Waals surface area contributed by atoms with Crippen molar-refractivity contribution in [2.75, 3.05) is 31.1 Å². The number of carbonyl (C=O) groups is 1. The lowest BCUT2D eigenvalue weighted by Crippen LogP contribution is -2.49. The fourth-order valence-corrected chi connectivity index (χ4v) is 5.10. The molecule has 1 fully saturated rings. The Kier molecular flexibility index (Phi) is 5.62. The molecular weight excluding hydrogens is 416 g/mol. The Balaban J connectivity index is 1.27. The molecule has 0 unspecified atom stereocenters. The lowest BCUT2D eigenvalue weighted by molar-refractivity contribution is 0.0746. The highest BCUT2D eigenvalue weighted by Gasteiger charge is 2.24. The van der Waals surface area contributed by atoms with E-state index in [2.05, 4.69) is 59.0 Å². The first-order valence-electron chi connectivity index (χ1n) is 11.1. The van der Waals surface area contributed by atoms with Crippen molar-refractivity contribution >= 4 is 33.3 Å². The third-order valence-corrected chi connectivity index (χ3v) is 7.28. The van der Waals surface area contributed by atoms with E-state index in [1.165, 1.54) is 16.0 Å². The normalized spacial score (nSPS) is 14.2. The van der Waals surface area contributed by atoms with Crippen molar-refractivity contribution in [3.8, 4) is 11.1 Å². The van der Waals surface area contributed by atoms with Crippen LogP contribution >= 0.6 is 11.3 Å². The van der Waals surface area contributed by atoms with Crippen LogP contribution in [0.3, 0.4) is 0 Å². The van der Waals surface area contributed by atoms with Crippen LogP contribution in [0.2, 0.25) is 0 Å². The van der Waals surface area contributed by atoms with E-state index in [1.54, 1.807) is 17.7 Å². The van der Waals surface area contributed by atoms with E-state index in [0.29, 0.717) is 13.1 Å². The largest absolute Gasteiger partial charge is 0.352 e. The van der Waals surface area contributed by atoms with Gasteiger partial charge in [0.2, 0.25) is 0 Å². The van der Waals surface area contributed by atoms with Gasteiger partial charge in [0.1, 0.15) is 17.0 Å². The molecule has 0 bridgehead atoms. The summed E-state index contributed by atoms with van der Waals surface area (Å²) in [6, 6.07) is 18.6. The van der Waals surface area contributed by atoms with Crippen LogP contribution in [0.5, 0.6) is 0 Å². The van der Waals surface area contributed by atoms with E-state index >= 15 is 0 Å². The highest BCUT2D eigenvalue weighted by molar-refractivity contribution is 7.18. The lowest BCUT2D eigenvalue weighted by Gasteiger charge is -2.35. The number of benzene rings is 2. The molecule has 0 spiro atoms. The molecule has 5 nitrogen and oxygen atoms in total. The smallest absolute Gasteiger partial charge is 0.253 e. The van der Waals surface area contributed by atoms with Crippen LogP contribution in [0.25, 0.3) is 21.3 Å². The van der Waals surface area contributed by atoms with Gasteiger partial charge in [0.15, 0.2) is 0 Å². The topological polar surface area (TPSA) is 49.3 Å². The van der Waals surface area contributed by atoms with Crippen LogP contribution in [0.1, 0.15) is 27.7 Å². The molecule has 0 N–H and O–H groups in total. The van der Waals surface area contributed by atoms with E-state index < -0.39 is 0 Å². The van der Waals surface area contributed by atoms with Gasteiger partial charge in [-0.3, -0.25) is 4.79 Å². The summed E-state index contributed by atoms with van der Waals surface area (Å²) in [7, 11) is 0. The Morgan fingerprint density at radius 2 is 1.59 bits per heavy atom. The van der Waals surface area contributed by atoms with Crippen LogP contribution in [-0.2, 0) is 6.42 Å². The zero-order chi connectivity index (χ0) is 22.1. The van der Waals surface area contributed by atoms with Crippen LogP contribution in [0, 0.1) is 6.92 Å². The van der Waals surface area contributed by atoms with Gasteiger partial charge in [-0.15, -0.1) is 11.3 Å². The van der Waals surface area contributed by atoms with Crippen molar-refractivity contribution in [1.82, 2.24) is 14.9 Å². The van der Waals surface area contributed by atoms with Gasteiger partial charge in [-0.25, -0.2) is 9.97 Å². The molecule has 0 aliphatic carbocycles. The zero-order valence-corrected chi connectivity index (χ0v) is 19.2. The van der Waals surface area contributed by atoms with Crippen LogP contribution in [-0.4, -0.2) is 47.0 Å². The minimum absolute atomic E-state index is 0.0942. The summed E-state index contributed by atoms with van der Waals surface area (Å²) in [4.78, 5) is 28.7. The van der Waals surface area contributed by atoms with Gasteiger partial charge in [0.25, 0.3) is 5.91 Å². The summed E-state index contributed by atoms with van der Waals surface area (Å²) >= 11 is 1.74. The van der Waals surface area contributed by atoms with E-state index in [9.17, 15) is 4.79 Å². The van der Waals surface area contributed by atoms with E-state index in [4.69, 9.17) is 0 Å². The summed E-state index contributed by atoms with van der Waals surface area (Å²) < 4.78 is 0. The van der Waals surface area contributed by atoms with E-state index in [0.717, 1.165) is 46.7 Å². The SMILES string of the molecule is CCc1cc2c(N3CCN(C(=O)c4ccc(-c5ccc(C)cc5)cc4)CC3)ncnc2s1. The molecule has 32 heavy (non-hydrogen) atoms. The maximum atomic E-state index is 13.1. The second-order valence-electron chi connectivity index (χ2n) is 8.20. The second kappa shape index (κ2) is 8.71. The van der Waals surface area contributed by atoms with Crippen LogP contribution in [0.4, 0.5) is 5.82 Å². The maximum absolute atomic E-state index is 13.1. The maximum Gasteiger partial charge on any atom is 0.253 e. The molecule has 162 valence electrons. The van der Waals surface area contributed by atoms with Crippen molar-refractivity contribution in [3.05, 3.63) is 76.9 Å². The van der Waals surface area contributed by atoms with Crippen molar-refractivity contribution in [2.45, 2.75) is 20.3 Å². The molecule has 1 aliphatic heterocycles. The molecule has 5 rings (SSSR count). The predicted molar refractivity (Wildman–Crippen MR) is 132 cm³/mol. The number of aryl methyl sites for hydroxylation is 2. The first-order valence-corrected chi connectivity index (χ1v) is 11.9. The van der Waals surface area contributed by atoms with Gasteiger partial charge in [0, 0.05) is 36.6 Å². The van der Waals surface area contributed by atoms with Crippen LogP contribution in [0.15, 0.2) is 60.9 Å². The van der Waals surface area contributed by atoms with Crippen molar-refractivity contribution in [3.63, 3.8) is 0 Å². The molecule has 3 heterocycles. The molecule has 0 atom stereocenters. The fourth-order valence-electron chi connectivity index (χ4n) is 4.17. The fraction of sp³-hybridized carbons (Fsp3) is 0.269. The Morgan fingerprint density at radius 1 is 0.938 bits per heavy atom. The quantitative estimate of drug-likeness (QED) is 0.436. The number of fused-ring (bicyclic) bond motifs is 1. The summed E-state index contributed by atoms with van der Waals surface area (Å²) in [5, 5.41) is 1.13. The third-order valence-electron chi connectivity index (χ3n) is 6.09. The monoisotopic (exact) mass is 442 g/mol. The molecule has 1 aliphatic rings. The van der Waals surface area contributed by atoms with E-state index in [1.807, 2.05) is 29.2 Å². The predicted octanol–water partition coefficient (Wildman–Crippen LogP) is 5.19. The summed E-state index contributed by atoms with van der Waals surface area (Å²) in [6.45, 7) is 7.17. The number of rotatable bonds is 4. The Labute approximate surface area is 192 Å². The molecule has 1 saturated heterocycles. The lowest BCUT2D eigenvalue weighted by atomic mass is 10.0. The summed E-state index contributed by atoms with van der Waals surface area (Å²) in [6.07, 6.45) is 2.66. The Morgan fingerprint density at radius 3 is 2.25 bits per heavy atom. The Hall–Kier alpha value is -3.25. The number of nitrogens with zero attached hydrogens (tertiary/aromatic N) is 4. The number of hydrogen-bond donors (Lipinski definition) is 0. The number of aromatic nitrogens is 2. The molecule has 2 aromatic carbocycles. The van der Waals surface area contributed by atoms with Gasteiger partial charge in [0.05, 0.1) is 5.39 Å². The molecule has 0 radical (unpaired) electrons. The van der Waals surface area contributed by atoms with Gasteiger partial charge >= 0.3 is 0 Å². The first kappa shape index (κ1) is 20.6. The standard InChI is InChI=1S/C26H26N4OS/c1-3-22-16-23-24(27-17-28-25(23)32-22)29-12-14-30(15-13-29)26(31)21-10-8-20(9-11-21)19-6-4-18(2)5-7-19/h4-11,16-17H,3,12-15H2,1-2H3. The first-order chi connectivity index (χ1) is 15.6. The average Bonchev–Trinajstić information content (AvgIpc) is 3.28. The number of carbonyl (C=O) groups excluding carboxylic acids is 1. The van der Waals surface area contributed by atoms with Gasteiger partial charge in [-0.1, -0.05) is 48.9 Å². The summed E-state index contributed by atoms with van der Waals surface area (Å²) in [5.41, 5.74) is 4.27. The number of amides is 1. The molecule has 1 amide bonds. The molecule has 4 aromatic rings. The minimum atomic E-state index is 0.0942. The number of hydrogen-bond acceptors (Lipinski definition) is 5. The molecule has 2 aromatic heterocycles. The average molecular weight is 443 g/mol. The third kappa shape index (κ3) is 3.98. The van der Waals surface area contributed by atoms with Gasteiger partial charge in [-0.2, -0.15) is 0 Å². The van der Waals surface area contributed by atoms with Crippen molar-refractivity contribution < 1.29 is 4.79 Å². The molecule has 0 saturated carbocycles. The summed E-state index contributed by atoms with van der Waals surface area (Å²) in [5.74, 6) is 1.08. The number of anilines is 1. The molecular formula is C26H26N4OS. The number of thiophene rings is 1. The second-order valence-corrected chi connectivity index (χ2v) is 9.32. The van der Waals surface area contributed by atoms with Gasteiger partial charge < -0.3 is 9.80 Å². The van der Waals surface area contributed by atoms with Crippen molar-refractivity contribution in [2.24, 2.45) is 0 Å². The van der Waals surface area contributed by atoms with Gasteiger partial charge in [-0.05, 0) is 42.7 Å². The van der Waals surface area contributed by atoms with Crippen LogP contribution < -0.4 is 4.90 Å². The molecule has 6 heteroatoms. The Bertz CT molecular complexity index is 1240. The minimum Gasteiger partial charge on any atom is -0.352 e. The highest BCUT2D eigenvalue weighted by atomic mass is 32.1. The van der Waals surface area contributed by atoms with Crippen molar-refractivity contribution in [1.29, 1.82) is 0 Å². The highest BCUT2D eigenvalue weighted by Crippen LogP contribution is 2.31. The zero-order valence-electron chi connectivity index (χ0n) is 18.4. The number of piperazine rings is 1. The van der Waals surface area contributed by atoms with E-state index in [-0.39, 0.29) is 5.91 Å².